The minimum absolute atomic E-state index is 0.0156. The van der Waals surface area contributed by atoms with E-state index < -0.39 is 141 Å². The monoisotopic (exact) mass is 1820 g/mol. The maximum Gasteiger partial charge on any atom is 0.305 e. The summed E-state index contributed by atoms with van der Waals surface area (Å²) in [5.41, 5.74) is 8.38. The lowest BCUT2D eigenvalue weighted by atomic mass is 9.94. The number of hydrogen-bond acceptors (Lipinski definition) is 25. The Balaban J connectivity index is 0.870. The van der Waals surface area contributed by atoms with Crippen molar-refractivity contribution in [1.82, 2.24) is 0 Å². The van der Waals surface area contributed by atoms with Gasteiger partial charge in [0.25, 0.3) is 0 Å². The second-order valence-corrected chi connectivity index (χ2v) is 33.7. The van der Waals surface area contributed by atoms with Crippen molar-refractivity contribution in [2.75, 3.05) is 40.1 Å². The van der Waals surface area contributed by atoms with E-state index in [9.17, 15) is 14.4 Å². The van der Waals surface area contributed by atoms with Crippen LogP contribution in [-0.4, -0.2) is 181 Å². The molecule has 0 spiro atoms. The first-order chi connectivity index (χ1) is 65.5. The van der Waals surface area contributed by atoms with Crippen LogP contribution in [0.25, 0.3) is 0 Å². The third-order valence-corrected chi connectivity index (χ3v) is 23.8. The van der Waals surface area contributed by atoms with Gasteiger partial charge in [0.15, 0.2) is 43.7 Å². The van der Waals surface area contributed by atoms with Crippen molar-refractivity contribution in [3.63, 3.8) is 0 Å². The maximum absolute atomic E-state index is 14.8. The number of hydrogen-bond donors (Lipinski definition) is 0. The minimum atomic E-state index is -1.74. The van der Waals surface area contributed by atoms with Gasteiger partial charge in [-0.2, -0.15) is 0 Å². The van der Waals surface area contributed by atoms with E-state index in [4.69, 9.17) is 104 Å². The first-order valence-corrected chi connectivity index (χ1v) is 46.2. The Morgan fingerprint density at radius 3 is 0.932 bits per heavy atom. The lowest BCUT2D eigenvalue weighted by molar-refractivity contribution is -0.421. The van der Waals surface area contributed by atoms with Crippen molar-refractivity contribution in [2.45, 2.75) is 247 Å². The average Bonchev–Trinajstić information content (AvgIpc) is 0.746. The summed E-state index contributed by atoms with van der Waals surface area (Å²) in [6.07, 6.45) is -21.7. The lowest BCUT2D eigenvalue weighted by Crippen LogP contribution is -2.70. The summed E-state index contributed by atoms with van der Waals surface area (Å²) in [7, 11) is 1.41. The topological polar surface area (TPSA) is 254 Å². The Labute approximate surface area is 778 Å². The van der Waals surface area contributed by atoms with Crippen LogP contribution in [0.4, 0.5) is 0 Å². The molecule has 9 unspecified atom stereocenters. The van der Waals surface area contributed by atoms with Crippen LogP contribution in [0.3, 0.4) is 0 Å². The second-order valence-electron chi connectivity index (χ2n) is 33.7. The number of fused-ring (bicyclic) bond motifs is 1. The fourth-order valence-electron chi connectivity index (χ4n) is 17.1. The predicted octanol–water partition coefficient (Wildman–Crippen LogP) is 17.1. The van der Waals surface area contributed by atoms with Crippen molar-refractivity contribution in [2.24, 2.45) is 0 Å². The zero-order valence-electron chi connectivity index (χ0n) is 75.5. The molecule has 5 fully saturated rings. The molecule has 10 aromatic carbocycles. The van der Waals surface area contributed by atoms with E-state index in [0.29, 0.717) is 24.8 Å². The smallest absolute Gasteiger partial charge is 0.305 e. The molecule has 25 heteroatoms. The number of esters is 3. The van der Waals surface area contributed by atoms with Crippen LogP contribution in [0, 0.1) is 0 Å². The van der Waals surface area contributed by atoms with Gasteiger partial charge >= 0.3 is 17.9 Å². The van der Waals surface area contributed by atoms with Crippen molar-refractivity contribution >= 4 is 17.9 Å². The summed E-state index contributed by atoms with van der Waals surface area (Å²) in [5.74, 6) is -1.72. The van der Waals surface area contributed by atoms with Gasteiger partial charge < -0.3 is 104 Å². The zero-order chi connectivity index (χ0) is 91.4. The normalized spacial score (nSPS) is 26.4. The number of rotatable bonds is 49. The maximum atomic E-state index is 14.8. The molecule has 21 atom stereocenters. The molecule has 5 aliphatic rings. The molecule has 0 aliphatic carbocycles. The number of methoxy groups -OCH3 is 1. The molecule has 704 valence electrons. The molecule has 5 heterocycles. The van der Waals surface area contributed by atoms with Crippen LogP contribution in [-0.2, 0) is 178 Å². The molecule has 10 aromatic rings. The van der Waals surface area contributed by atoms with E-state index in [1.54, 1.807) is 0 Å². The number of carbonyl (C=O) groups is 3. The van der Waals surface area contributed by atoms with Gasteiger partial charge in [-0.15, -0.1) is 0 Å². The third-order valence-electron chi connectivity index (χ3n) is 23.8. The van der Waals surface area contributed by atoms with Crippen molar-refractivity contribution in [3.05, 3.63) is 359 Å². The molecule has 0 amide bonds. The number of ether oxygens (including phenoxy) is 22. The van der Waals surface area contributed by atoms with Gasteiger partial charge in [0.2, 0.25) is 0 Å². The van der Waals surface area contributed by atoms with Gasteiger partial charge in [-0.3, -0.25) is 14.4 Å². The molecular formula is C108H122O25. The summed E-state index contributed by atoms with van der Waals surface area (Å²) < 4.78 is 157. The summed E-state index contributed by atoms with van der Waals surface area (Å²) in [5, 5.41) is 0. The highest BCUT2D eigenvalue weighted by molar-refractivity contribution is 5.69. The van der Waals surface area contributed by atoms with Crippen LogP contribution in [0.5, 0.6) is 0 Å². The molecule has 5 aliphatic heterocycles. The summed E-state index contributed by atoms with van der Waals surface area (Å²) in [6.45, 7) is 3.31. The van der Waals surface area contributed by atoms with Gasteiger partial charge in [0.1, 0.15) is 85.5 Å². The Morgan fingerprint density at radius 2 is 0.571 bits per heavy atom. The van der Waals surface area contributed by atoms with Gasteiger partial charge in [0, 0.05) is 32.4 Å². The van der Waals surface area contributed by atoms with Gasteiger partial charge in [-0.25, -0.2) is 0 Å². The average molecular weight is 1820 g/mol. The van der Waals surface area contributed by atoms with Crippen LogP contribution >= 0.6 is 0 Å². The first-order valence-electron chi connectivity index (χ1n) is 46.2. The molecule has 25 nitrogen and oxygen atoms in total. The highest BCUT2D eigenvalue weighted by Crippen LogP contribution is 2.44. The molecule has 0 radical (unpaired) electrons. The quantitative estimate of drug-likeness (QED) is 0.0195. The van der Waals surface area contributed by atoms with Crippen LogP contribution < -0.4 is 0 Å². The van der Waals surface area contributed by atoms with E-state index in [1.807, 2.05) is 303 Å². The Morgan fingerprint density at radius 1 is 0.286 bits per heavy atom. The number of benzene rings is 10. The predicted molar refractivity (Wildman–Crippen MR) is 489 cm³/mol. The fraction of sp³-hybridized carbons (Fsp3) is 0.417. The Hall–Kier alpha value is -10.2. The van der Waals surface area contributed by atoms with Crippen molar-refractivity contribution < 1.29 is 119 Å². The van der Waals surface area contributed by atoms with E-state index in [0.717, 1.165) is 75.8 Å². The SMILES string of the molecule is COC(=O)CCCCCCCCO[C@H]1OC(COCc2ccccc2)[C@H](OCc2ccccc2)[C@@H](OCc2ccccc2)C1O[C@H]1OC(COCc2ccccc2)[C@H](OCc2ccccc2)[C@@H](OCc2ccccc2)C1O[C@H]1OC2COC(c3ccccc3)O[C@H]2[C@H](O[C@H]2OC(COCc3ccccc3)[C@H](OCc3ccccc3)[C@@H](OCc3ccccc3)C2OC(C)=O)C1OC(C)=O. The highest BCUT2D eigenvalue weighted by Gasteiger charge is 2.61. The largest absolute Gasteiger partial charge is 0.469 e. The van der Waals surface area contributed by atoms with Crippen molar-refractivity contribution in [1.29, 1.82) is 0 Å². The highest BCUT2D eigenvalue weighted by atomic mass is 16.8. The number of unbranched alkanes of at least 4 members (excludes halogenated alkanes) is 5. The van der Waals surface area contributed by atoms with Crippen LogP contribution in [0.15, 0.2) is 303 Å². The van der Waals surface area contributed by atoms with Crippen molar-refractivity contribution in [3.8, 4) is 0 Å². The molecule has 5 saturated heterocycles. The van der Waals surface area contributed by atoms with E-state index in [2.05, 4.69) is 0 Å². The first kappa shape index (κ1) is 97.4. The van der Waals surface area contributed by atoms with Gasteiger partial charge in [-0.1, -0.05) is 329 Å². The van der Waals surface area contributed by atoms with E-state index >= 15 is 0 Å². The summed E-state index contributed by atoms with van der Waals surface area (Å²) >= 11 is 0. The lowest BCUT2D eigenvalue weighted by Gasteiger charge is -2.53. The van der Waals surface area contributed by atoms with Crippen LogP contribution in [0.1, 0.15) is 121 Å². The van der Waals surface area contributed by atoms with E-state index in [1.165, 1.54) is 21.0 Å². The molecule has 0 bridgehead atoms. The van der Waals surface area contributed by atoms with Gasteiger partial charge in [0.05, 0.1) is 93.0 Å². The zero-order valence-corrected chi connectivity index (χ0v) is 75.5. The number of carbonyl (C=O) groups excluding carboxylic acids is 3. The molecular weight excluding hydrogens is 1700 g/mol. The van der Waals surface area contributed by atoms with Crippen LogP contribution in [0.2, 0.25) is 0 Å². The third kappa shape index (κ3) is 29.2. The Kier molecular flexibility index (Phi) is 38.1. The fourth-order valence-corrected chi connectivity index (χ4v) is 17.1. The molecule has 15 rings (SSSR count). The van der Waals surface area contributed by atoms with Gasteiger partial charge in [-0.05, 0) is 62.9 Å². The molecule has 0 N–H and O–H groups in total. The molecule has 0 saturated carbocycles. The summed E-state index contributed by atoms with van der Waals surface area (Å²) in [4.78, 5) is 41.2. The summed E-state index contributed by atoms with van der Waals surface area (Å²) in [6, 6.07) is 97.3. The Bertz CT molecular complexity index is 4950. The minimum Gasteiger partial charge on any atom is -0.469 e. The second kappa shape index (κ2) is 52.1. The molecule has 0 aromatic heterocycles. The standard InChI is InChI=1S/C108H122O25/c1-75(109)124-101-97(121-69-84-54-32-15-33-55-84)93(118-66-81-48-26-12-27-49-81)88(72-114-63-78-42-20-9-21-43-78)127-106(101)131-99-95-90(74-123-104(130-95)86-58-36-17-37-59-86)129-108(103(99)125-76(2)110)133-102-98(122-70-85-56-34-16-35-57-85)94(119-67-82-50-28-13-29-51-82)89(73-115-64-79-44-22-10-23-45-79)128-107(102)132-100-96(120-68-83-52-30-14-31-53-83)92(117-65-80-46-24-11-25-47-80)87(71-113-62-77-40-18-8-19-41-77)126-105(100)116-61-39-7-5-4-6-38-60-91(111)112-3/h8-37,40-59,87-90,92-108H,4-7,38-39,60-74H2,1-3H3/t87?,88?,89?,90?,92-,93-,94-,95+,96+,97+,98+,99-,100?,101?,102?,103?,104?,105-,106+,107+,108+/m0/s1. The molecule has 133 heavy (non-hydrogen) atoms. The van der Waals surface area contributed by atoms with E-state index in [-0.39, 0.29) is 98.5 Å².